The van der Waals surface area contributed by atoms with Crippen LogP contribution in [0.15, 0.2) is 30.5 Å². The summed E-state index contributed by atoms with van der Waals surface area (Å²) < 4.78 is 10.7. The Kier molecular flexibility index (Phi) is 9.01. The Bertz CT molecular complexity index is 1170. The summed E-state index contributed by atoms with van der Waals surface area (Å²) in [4.78, 5) is 48.0. The fourth-order valence-electron chi connectivity index (χ4n) is 4.83. The molecule has 1 aliphatic carbocycles. The van der Waals surface area contributed by atoms with E-state index < -0.39 is 17.6 Å². The minimum Gasteiger partial charge on any atom is -0.444 e. The second-order valence-corrected chi connectivity index (χ2v) is 11.0. The number of nitrogens with zero attached hydrogens (tertiary/aromatic N) is 3. The summed E-state index contributed by atoms with van der Waals surface area (Å²) >= 11 is 0. The third kappa shape index (κ3) is 7.89. The van der Waals surface area contributed by atoms with Gasteiger partial charge in [-0.25, -0.2) is 14.8 Å². The molecule has 1 saturated heterocycles. The number of alkyl carbamates (subject to hydrolysis) is 1. The Labute approximate surface area is 228 Å². The van der Waals surface area contributed by atoms with Crippen LogP contribution in [0, 0.1) is 0 Å². The van der Waals surface area contributed by atoms with Gasteiger partial charge in [0.25, 0.3) is 11.8 Å². The van der Waals surface area contributed by atoms with Gasteiger partial charge in [0.1, 0.15) is 22.8 Å². The Morgan fingerprint density at radius 1 is 1.05 bits per heavy atom. The number of hydrogen-bond donors (Lipinski definition) is 3. The Morgan fingerprint density at radius 3 is 2.44 bits per heavy atom. The van der Waals surface area contributed by atoms with E-state index >= 15 is 0 Å². The molecule has 0 bridgehead atoms. The fraction of sp³-hybridized carbons (Fsp3) is 0.536. The number of nitrogens with one attached hydrogen (secondary N) is 2. The van der Waals surface area contributed by atoms with Gasteiger partial charge in [0.05, 0.1) is 13.2 Å². The fourth-order valence-corrected chi connectivity index (χ4v) is 4.83. The molecule has 39 heavy (non-hydrogen) atoms. The van der Waals surface area contributed by atoms with E-state index in [1.54, 1.807) is 29.2 Å². The molecule has 2 aliphatic rings. The van der Waals surface area contributed by atoms with Crippen molar-refractivity contribution >= 4 is 29.4 Å². The summed E-state index contributed by atoms with van der Waals surface area (Å²) in [6, 6.07) is 7.06. The molecular formula is C28H38N6O5. The molecule has 4 N–H and O–H groups in total. The number of nitrogens with two attached hydrogens (primary N) is 1. The highest BCUT2D eigenvalue weighted by molar-refractivity contribution is 5.98. The molecule has 2 fully saturated rings. The van der Waals surface area contributed by atoms with Crippen LogP contribution in [0.25, 0.3) is 0 Å². The first-order valence-corrected chi connectivity index (χ1v) is 13.5. The predicted octanol–water partition coefficient (Wildman–Crippen LogP) is 3.73. The second-order valence-electron chi connectivity index (χ2n) is 11.0. The van der Waals surface area contributed by atoms with Crippen LogP contribution in [0.1, 0.15) is 85.3 Å². The molecule has 3 amide bonds. The van der Waals surface area contributed by atoms with E-state index in [0.717, 1.165) is 32.1 Å². The standard InChI is InChI=1S/C28H38N6O5/c1-28(2,3)39-27(37)32-20-6-4-5-18(7-10-20)24-30-17-22(23(29)35)25(33-24)31-21-11-8-19(9-12-21)26(36)34-13-15-38-16-14-34/h8-9,11-12,17-18,20H,4-7,10,13-16H2,1-3H3,(H2,29,35)(H,32,37)(H,30,31,33). The normalized spacial score (nSPS) is 20.0. The highest BCUT2D eigenvalue weighted by Crippen LogP contribution is 2.31. The van der Waals surface area contributed by atoms with E-state index in [1.807, 2.05) is 20.8 Å². The minimum atomic E-state index is -0.634. The molecule has 2 unspecified atom stereocenters. The molecule has 1 aliphatic heterocycles. The lowest BCUT2D eigenvalue weighted by Crippen LogP contribution is -2.40. The SMILES string of the molecule is CC(C)(C)OC(=O)NC1CCCC(c2ncc(C(N)=O)c(Nc3ccc(C(=O)N4CCOCC4)cc3)n2)CC1. The van der Waals surface area contributed by atoms with Crippen molar-refractivity contribution < 1.29 is 23.9 Å². The number of rotatable bonds is 6. The van der Waals surface area contributed by atoms with E-state index in [4.69, 9.17) is 20.2 Å². The van der Waals surface area contributed by atoms with Crippen LogP contribution in [0.3, 0.4) is 0 Å². The zero-order chi connectivity index (χ0) is 28.0. The molecule has 1 saturated carbocycles. The predicted molar refractivity (Wildman–Crippen MR) is 146 cm³/mol. The number of morpholine rings is 1. The highest BCUT2D eigenvalue weighted by atomic mass is 16.6. The molecule has 0 radical (unpaired) electrons. The molecule has 11 heteroatoms. The summed E-state index contributed by atoms with van der Waals surface area (Å²) in [5, 5.41) is 6.16. The van der Waals surface area contributed by atoms with Gasteiger partial charge in [-0.2, -0.15) is 0 Å². The number of primary amides is 1. The van der Waals surface area contributed by atoms with Crippen molar-refractivity contribution in [3.8, 4) is 0 Å². The molecule has 4 rings (SSSR count). The molecule has 210 valence electrons. The highest BCUT2D eigenvalue weighted by Gasteiger charge is 2.26. The van der Waals surface area contributed by atoms with Gasteiger partial charge in [-0.05, 0) is 70.7 Å². The van der Waals surface area contributed by atoms with Crippen LogP contribution in [0.4, 0.5) is 16.3 Å². The molecule has 2 aromatic rings. The van der Waals surface area contributed by atoms with Gasteiger partial charge < -0.3 is 30.7 Å². The van der Waals surface area contributed by atoms with Crippen molar-refractivity contribution in [1.82, 2.24) is 20.2 Å². The maximum atomic E-state index is 12.7. The van der Waals surface area contributed by atoms with Gasteiger partial charge >= 0.3 is 6.09 Å². The lowest BCUT2D eigenvalue weighted by atomic mass is 9.99. The lowest BCUT2D eigenvalue weighted by Gasteiger charge is -2.26. The first-order valence-electron chi connectivity index (χ1n) is 13.5. The van der Waals surface area contributed by atoms with Gasteiger partial charge in [-0.3, -0.25) is 9.59 Å². The van der Waals surface area contributed by atoms with Crippen LogP contribution in [-0.2, 0) is 9.47 Å². The zero-order valence-corrected chi connectivity index (χ0v) is 22.9. The molecular weight excluding hydrogens is 500 g/mol. The number of hydrogen-bond acceptors (Lipinski definition) is 8. The van der Waals surface area contributed by atoms with Crippen molar-refractivity contribution in [2.75, 3.05) is 31.6 Å². The van der Waals surface area contributed by atoms with Gasteiger partial charge in [0.15, 0.2) is 0 Å². The summed E-state index contributed by atoms with van der Waals surface area (Å²) in [7, 11) is 0. The van der Waals surface area contributed by atoms with Gasteiger partial charge in [-0.15, -0.1) is 0 Å². The maximum absolute atomic E-state index is 12.7. The summed E-state index contributed by atoms with van der Waals surface area (Å²) in [6.07, 6.45) is 5.21. The third-order valence-corrected chi connectivity index (χ3v) is 6.82. The maximum Gasteiger partial charge on any atom is 0.407 e. The second kappa shape index (κ2) is 12.4. The third-order valence-electron chi connectivity index (χ3n) is 6.82. The van der Waals surface area contributed by atoms with Crippen LogP contribution in [-0.4, -0.2) is 70.7 Å². The van der Waals surface area contributed by atoms with E-state index in [-0.39, 0.29) is 23.4 Å². The number of carbonyl (C=O) groups is 3. The van der Waals surface area contributed by atoms with Crippen LogP contribution in [0.5, 0.6) is 0 Å². The summed E-state index contributed by atoms with van der Waals surface area (Å²) in [6.45, 7) is 7.75. The molecule has 2 atom stereocenters. The van der Waals surface area contributed by atoms with Crippen molar-refractivity contribution in [2.45, 2.75) is 70.4 Å². The van der Waals surface area contributed by atoms with Crippen molar-refractivity contribution in [3.05, 3.63) is 47.4 Å². The minimum absolute atomic E-state index is 0.0195. The summed E-state index contributed by atoms with van der Waals surface area (Å²) in [5.74, 6) is 0.351. The zero-order valence-electron chi connectivity index (χ0n) is 22.9. The smallest absolute Gasteiger partial charge is 0.407 e. The van der Waals surface area contributed by atoms with E-state index in [9.17, 15) is 14.4 Å². The number of amides is 3. The first-order chi connectivity index (χ1) is 18.6. The Balaban J connectivity index is 1.43. The van der Waals surface area contributed by atoms with Crippen LogP contribution < -0.4 is 16.4 Å². The number of benzene rings is 1. The first kappa shape index (κ1) is 28.3. The van der Waals surface area contributed by atoms with E-state index in [1.165, 1.54) is 6.20 Å². The van der Waals surface area contributed by atoms with Crippen molar-refractivity contribution in [2.24, 2.45) is 5.73 Å². The Hall–Kier alpha value is -3.73. The lowest BCUT2D eigenvalue weighted by molar-refractivity contribution is 0.0303. The molecule has 0 spiro atoms. The molecule has 11 nitrogen and oxygen atoms in total. The van der Waals surface area contributed by atoms with Crippen molar-refractivity contribution in [1.29, 1.82) is 0 Å². The monoisotopic (exact) mass is 538 g/mol. The number of anilines is 2. The van der Waals surface area contributed by atoms with Gasteiger partial charge in [0, 0.05) is 42.5 Å². The van der Waals surface area contributed by atoms with Gasteiger partial charge in [-0.1, -0.05) is 6.42 Å². The van der Waals surface area contributed by atoms with Crippen LogP contribution >= 0.6 is 0 Å². The van der Waals surface area contributed by atoms with Crippen LogP contribution in [0.2, 0.25) is 0 Å². The largest absolute Gasteiger partial charge is 0.444 e. The van der Waals surface area contributed by atoms with E-state index in [2.05, 4.69) is 15.6 Å². The molecule has 1 aromatic heterocycles. The number of aromatic nitrogens is 2. The average molecular weight is 539 g/mol. The number of ether oxygens (including phenoxy) is 2. The Morgan fingerprint density at radius 2 is 1.77 bits per heavy atom. The van der Waals surface area contributed by atoms with Gasteiger partial charge in [0.2, 0.25) is 0 Å². The summed E-state index contributed by atoms with van der Waals surface area (Å²) in [5.41, 5.74) is 6.49. The molecule has 1 aromatic carbocycles. The topological polar surface area (TPSA) is 149 Å². The quantitative estimate of drug-likeness (QED) is 0.471. The molecule has 2 heterocycles. The number of carbonyl (C=O) groups excluding carboxylic acids is 3. The van der Waals surface area contributed by atoms with E-state index in [0.29, 0.717) is 49.2 Å². The average Bonchev–Trinajstić information content (AvgIpc) is 3.13. The van der Waals surface area contributed by atoms with Crippen molar-refractivity contribution in [3.63, 3.8) is 0 Å².